The first-order valence-electron chi connectivity index (χ1n) is 8.67. The van der Waals surface area contributed by atoms with Gasteiger partial charge < -0.3 is 9.80 Å². The van der Waals surface area contributed by atoms with Gasteiger partial charge in [-0.1, -0.05) is 12.8 Å². The Balaban J connectivity index is 1.46. The number of aryl methyl sites for hydroxylation is 1. The van der Waals surface area contributed by atoms with Gasteiger partial charge in [-0.15, -0.1) is 0 Å². The van der Waals surface area contributed by atoms with Gasteiger partial charge in [0.05, 0.1) is 5.92 Å². The zero-order valence-electron chi connectivity index (χ0n) is 13.9. The van der Waals surface area contributed by atoms with E-state index in [1.165, 1.54) is 12.8 Å². The predicted octanol–water partition coefficient (Wildman–Crippen LogP) is 1.52. The molecule has 2 amide bonds. The van der Waals surface area contributed by atoms with Gasteiger partial charge in [-0.25, -0.2) is 0 Å². The Bertz CT molecular complexity index is 537. The molecule has 0 bridgehead atoms. The quantitative estimate of drug-likeness (QED) is 0.799. The normalized spacial score (nSPS) is 22.0. The first-order valence-corrected chi connectivity index (χ1v) is 8.67. The zero-order chi connectivity index (χ0) is 16.2. The van der Waals surface area contributed by atoms with E-state index in [2.05, 4.69) is 5.10 Å². The van der Waals surface area contributed by atoms with Crippen molar-refractivity contribution in [3.63, 3.8) is 0 Å². The summed E-state index contributed by atoms with van der Waals surface area (Å²) in [5.74, 6) is 0.123. The van der Waals surface area contributed by atoms with Crippen molar-refractivity contribution >= 4 is 11.8 Å². The molecule has 2 aliphatic rings. The number of likely N-dealkylation sites (tertiary alicyclic amines) is 1. The van der Waals surface area contributed by atoms with Crippen molar-refractivity contribution in [3.8, 4) is 0 Å². The molecular weight excluding hydrogens is 292 g/mol. The lowest BCUT2D eigenvalue weighted by atomic mass is 10.1. The largest absolute Gasteiger partial charge is 0.345 e. The van der Waals surface area contributed by atoms with Crippen LogP contribution in [0.5, 0.6) is 0 Å². The van der Waals surface area contributed by atoms with Crippen LogP contribution in [0, 0.1) is 5.92 Å². The predicted molar refractivity (Wildman–Crippen MR) is 86.6 cm³/mol. The SMILES string of the molecule is CN(CCCn1cccn1)C(=O)[C@H]1CC(=O)N(C2CCCC2)C1. The summed E-state index contributed by atoms with van der Waals surface area (Å²) in [5.41, 5.74) is 0. The van der Waals surface area contributed by atoms with Crippen LogP contribution >= 0.6 is 0 Å². The molecule has 1 aliphatic carbocycles. The van der Waals surface area contributed by atoms with Gasteiger partial charge in [0.2, 0.25) is 11.8 Å². The highest BCUT2D eigenvalue weighted by Gasteiger charge is 2.39. The van der Waals surface area contributed by atoms with E-state index in [4.69, 9.17) is 0 Å². The molecule has 1 saturated heterocycles. The zero-order valence-corrected chi connectivity index (χ0v) is 13.9. The molecule has 2 heterocycles. The molecule has 3 rings (SSSR count). The van der Waals surface area contributed by atoms with Crippen molar-refractivity contribution < 1.29 is 9.59 Å². The fourth-order valence-electron chi connectivity index (χ4n) is 3.79. The highest BCUT2D eigenvalue weighted by atomic mass is 16.2. The molecule has 1 aliphatic heterocycles. The van der Waals surface area contributed by atoms with Crippen LogP contribution in [0.2, 0.25) is 0 Å². The van der Waals surface area contributed by atoms with Crippen LogP contribution in [0.25, 0.3) is 0 Å². The summed E-state index contributed by atoms with van der Waals surface area (Å²) in [4.78, 5) is 28.5. The number of hydrogen-bond donors (Lipinski definition) is 0. The van der Waals surface area contributed by atoms with E-state index in [1.54, 1.807) is 11.1 Å². The number of amides is 2. The van der Waals surface area contributed by atoms with Gasteiger partial charge in [-0.2, -0.15) is 5.10 Å². The van der Waals surface area contributed by atoms with E-state index in [0.717, 1.165) is 25.8 Å². The maximum Gasteiger partial charge on any atom is 0.227 e. The van der Waals surface area contributed by atoms with Gasteiger partial charge in [0.1, 0.15) is 0 Å². The maximum atomic E-state index is 12.6. The number of aromatic nitrogens is 2. The third kappa shape index (κ3) is 3.74. The molecule has 0 spiro atoms. The number of carbonyl (C=O) groups excluding carboxylic acids is 2. The Morgan fingerprint density at radius 2 is 2.17 bits per heavy atom. The Kier molecular flexibility index (Phi) is 4.98. The Morgan fingerprint density at radius 1 is 1.39 bits per heavy atom. The number of carbonyl (C=O) groups is 2. The molecule has 0 N–H and O–H groups in total. The van der Waals surface area contributed by atoms with Gasteiger partial charge in [-0.3, -0.25) is 14.3 Å². The van der Waals surface area contributed by atoms with Crippen molar-refractivity contribution in [1.29, 1.82) is 0 Å². The van der Waals surface area contributed by atoms with E-state index in [-0.39, 0.29) is 17.7 Å². The topological polar surface area (TPSA) is 58.4 Å². The third-order valence-corrected chi connectivity index (χ3v) is 5.09. The lowest BCUT2D eigenvalue weighted by Gasteiger charge is -2.25. The summed E-state index contributed by atoms with van der Waals surface area (Å²) in [6, 6.07) is 2.28. The van der Waals surface area contributed by atoms with Crippen LogP contribution in [0.1, 0.15) is 38.5 Å². The molecule has 2 fully saturated rings. The monoisotopic (exact) mass is 318 g/mol. The Morgan fingerprint density at radius 3 is 2.87 bits per heavy atom. The van der Waals surface area contributed by atoms with Gasteiger partial charge in [-0.05, 0) is 25.3 Å². The fraction of sp³-hybridized carbons (Fsp3) is 0.706. The minimum absolute atomic E-state index is 0.110. The van der Waals surface area contributed by atoms with Gasteiger partial charge >= 0.3 is 0 Å². The molecular formula is C17H26N4O2. The van der Waals surface area contributed by atoms with E-state index in [1.807, 2.05) is 28.9 Å². The first-order chi connectivity index (χ1) is 11.1. The number of rotatable bonds is 6. The highest BCUT2D eigenvalue weighted by Crippen LogP contribution is 2.30. The molecule has 0 aromatic carbocycles. The van der Waals surface area contributed by atoms with Crippen LogP contribution in [-0.4, -0.2) is 57.6 Å². The second kappa shape index (κ2) is 7.15. The summed E-state index contributed by atoms with van der Waals surface area (Å²) in [7, 11) is 1.84. The standard InChI is InChI=1S/C17H26N4O2/c1-19(9-5-11-20-10-4-8-18-20)17(23)14-12-16(22)21(13-14)15-6-2-3-7-15/h4,8,10,14-15H,2-3,5-7,9,11-13H2,1H3/t14-/m0/s1. The molecule has 126 valence electrons. The first kappa shape index (κ1) is 16.0. The average Bonchev–Trinajstić information content (AvgIpc) is 3.27. The maximum absolute atomic E-state index is 12.6. The van der Waals surface area contributed by atoms with Gasteiger partial charge in [0, 0.05) is 51.5 Å². The molecule has 6 nitrogen and oxygen atoms in total. The average molecular weight is 318 g/mol. The van der Waals surface area contributed by atoms with Crippen LogP contribution in [-0.2, 0) is 16.1 Å². The molecule has 6 heteroatoms. The molecule has 1 saturated carbocycles. The van der Waals surface area contributed by atoms with Crippen molar-refractivity contribution in [2.75, 3.05) is 20.1 Å². The van der Waals surface area contributed by atoms with Crippen molar-refractivity contribution in [1.82, 2.24) is 19.6 Å². The van der Waals surface area contributed by atoms with E-state index < -0.39 is 0 Å². The molecule has 1 atom stereocenters. The van der Waals surface area contributed by atoms with Gasteiger partial charge in [0.25, 0.3) is 0 Å². The Labute approximate surface area is 137 Å². The van der Waals surface area contributed by atoms with Crippen molar-refractivity contribution in [3.05, 3.63) is 18.5 Å². The molecule has 1 aromatic rings. The highest BCUT2D eigenvalue weighted by molar-refractivity contribution is 5.89. The van der Waals surface area contributed by atoms with Crippen molar-refractivity contribution in [2.24, 2.45) is 5.92 Å². The fourth-order valence-corrected chi connectivity index (χ4v) is 3.79. The lowest BCUT2D eigenvalue weighted by Crippen LogP contribution is -2.38. The summed E-state index contributed by atoms with van der Waals surface area (Å²) in [6.45, 7) is 2.13. The summed E-state index contributed by atoms with van der Waals surface area (Å²) < 4.78 is 1.87. The second-order valence-corrected chi connectivity index (χ2v) is 6.77. The molecule has 0 radical (unpaired) electrons. The van der Waals surface area contributed by atoms with Crippen LogP contribution < -0.4 is 0 Å². The molecule has 1 aromatic heterocycles. The van der Waals surface area contributed by atoms with Crippen LogP contribution in [0.15, 0.2) is 18.5 Å². The van der Waals surface area contributed by atoms with E-state index in [0.29, 0.717) is 25.6 Å². The summed E-state index contributed by atoms with van der Waals surface area (Å²) in [5, 5.41) is 4.16. The third-order valence-electron chi connectivity index (χ3n) is 5.09. The number of nitrogens with zero attached hydrogens (tertiary/aromatic N) is 4. The van der Waals surface area contributed by atoms with E-state index >= 15 is 0 Å². The molecule has 0 unspecified atom stereocenters. The summed E-state index contributed by atoms with van der Waals surface area (Å²) in [6.07, 6.45) is 9.57. The van der Waals surface area contributed by atoms with E-state index in [9.17, 15) is 9.59 Å². The minimum Gasteiger partial charge on any atom is -0.345 e. The van der Waals surface area contributed by atoms with Crippen LogP contribution in [0.3, 0.4) is 0 Å². The minimum atomic E-state index is -0.155. The Hall–Kier alpha value is -1.85. The van der Waals surface area contributed by atoms with Gasteiger partial charge in [0.15, 0.2) is 0 Å². The molecule has 23 heavy (non-hydrogen) atoms. The number of hydrogen-bond acceptors (Lipinski definition) is 3. The van der Waals surface area contributed by atoms with Crippen molar-refractivity contribution in [2.45, 2.75) is 51.1 Å². The lowest BCUT2D eigenvalue weighted by molar-refractivity contribution is -0.134. The smallest absolute Gasteiger partial charge is 0.227 e. The van der Waals surface area contributed by atoms with Crippen LogP contribution in [0.4, 0.5) is 0 Å². The second-order valence-electron chi connectivity index (χ2n) is 6.77. The summed E-state index contributed by atoms with van der Waals surface area (Å²) >= 11 is 0.